The number of sulfonamides is 1. The number of carbonyl (C=O) groups excluding carboxylic acids is 1. The Morgan fingerprint density at radius 2 is 1.97 bits per heavy atom. The van der Waals surface area contributed by atoms with Crippen molar-refractivity contribution in [3.05, 3.63) is 59.2 Å². The van der Waals surface area contributed by atoms with Gasteiger partial charge in [0.2, 0.25) is 15.9 Å². The number of unbranched alkanes of at least 4 members (excludes halogenated alkanes) is 1. The van der Waals surface area contributed by atoms with Crippen molar-refractivity contribution in [2.24, 2.45) is 0 Å². The summed E-state index contributed by atoms with van der Waals surface area (Å²) >= 11 is 0. The molecule has 0 spiro atoms. The van der Waals surface area contributed by atoms with Crippen LogP contribution in [0, 0.1) is 11.3 Å². The molecule has 0 aliphatic carbocycles. The summed E-state index contributed by atoms with van der Waals surface area (Å²) < 4.78 is 27.6. The molecule has 1 amide bonds. The lowest BCUT2D eigenvalue weighted by Gasteiger charge is -2.32. The maximum atomic E-state index is 13.0. The number of hydrogen-bond acceptors (Lipinski definition) is 4. The van der Waals surface area contributed by atoms with Crippen LogP contribution in [0.1, 0.15) is 49.3 Å². The molecule has 2 aromatic carbocycles. The number of amides is 1. The van der Waals surface area contributed by atoms with Crippen molar-refractivity contribution in [1.29, 1.82) is 5.26 Å². The predicted octanol–water partition coefficient (Wildman–Crippen LogP) is 4.01. The average Bonchev–Trinajstić information content (AvgIpc) is 2.76. The molecule has 158 valence electrons. The number of nitrogens with zero attached hydrogens (tertiary/aromatic N) is 2. The van der Waals surface area contributed by atoms with Gasteiger partial charge in [0.15, 0.2) is 0 Å². The lowest BCUT2D eigenvalue weighted by atomic mass is 9.99. The molecule has 30 heavy (non-hydrogen) atoms. The number of para-hydroxylation sites is 1. The number of carbonyl (C=O) groups is 1. The van der Waals surface area contributed by atoms with Crippen molar-refractivity contribution >= 4 is 27.3 Å². The minimum absolute atomic E-state index is 0.0273. The van der Waals surface area contributed by atoms with E-state index in [4.69, 9.17) is 5.26 Å². The Balaban J connectivity index is 1.78. The Hall–Kier alpha value is -2.85. The van der Waals surface area contributed by atoms with Gasteiger partial charge in [-0.2, -0.15) is 5.26 Å². The first kappa shape index (κ1) is 21.8. The van der Waals surface area contributed by atoms with Gasteiger partial charge in [0.25, 0.3) is 0 Å². The third-order valence-electron chi connectivity index (χ3n) is 5.26. The summed E-state index contributed by atoms with van der Waals surface area (Å²) in [4.78, 5) is 14.8. The van der Waals surface area contributed by atoms with E-state index in [-0.39, 0.29) is 11.7 Å². The van der Waals surface area contributed by atoms with Crippen LogP contribution in [0.2, 0.25) is 0 Å². The van der Waals surface area contributed by atoms with Crippen LogP contribution in [0.15, 0.2) is 42.5 Å². The molecule has 6 nitrogen and oxygen atoms in total. The van der Waals surface area contributed by atoms with Gasteiger partial charge in [0, 0.05) is 13.0 Å². The van der Waals surface area contributed by atoms with Crippen LogP contribution in [0.4, 0.5) is 11.4 Å². The van der Waals surface area contributed by atoms with Gasteiger partial charge in [-0.1, -0.05) is 37.6 Å². The fourth-order valence-electron chi connectivity index (χ4n) is 3.67. The third kappa shape index (κ3) is 5.39. The van der Waals surface area contributed by atoms with Crippen LogP contribution in [0.5, 0.6) is 0 Å². The van der Waals surface area contributed by atoms with E-state index in [0.29, 0.717) is 42.7 Å². The number of nitrogens with one attached hydrogen (secondary N) is 1. The fraction of sp³-hybridized carbons (Fsp3) is 0.391. The predicted molar refractivity (Wildman–Crippen MR) is 119 cm³/mol. The molecule has 1 aliphatic rings. The second-order valence-corrected chi connectivity index (χ2v) is 9.39. The Kier molecular flexibility index (Phi) is 7.11. The lowest BCUT2D eigenvalue weighted by Crippen LogP contribution is -2.36. The third-order valence-corrected chi connectivity index (χ3v) is 6.62. The molecule has 1 aliphatic heterocycles. The molecule has 0 atom stereocenters. The van der Waals surface area contributed by atoms with Gasteiger partial charge in [0.1, 0.15) is 0 Å². The molecule has 0 fully saturated rings. The van der Waals surface area contributed by atoms with Crippen LogP contribution in [0.3, 0.4) is 0 Å². The van der Waals surface area contributed by atoms with Gasteiger partial charge in [-0.15, -0.1) is 0 Å². The molecule has 1 N–H and O–H groups in total. The van der Waals surface area contributed by atoms with E-state index in [9.17, 15) is 13.2 Å². The van der Waals surface area contributed by atoms with E-state index in [0.717, 1.165) is 30.4 Å². The van der Waals surface area contributed by atoms with Crippen LogP contribution in [0.25, 0.3) is 0 Å². The summed E-state index contributed by atoms with van der Waals surface area (Å²) in [6.45, 7) is 2.53. The number of benzene rings is 2. The van der Waals surface area contributed by atoms with Gasteiger partial charge >= 0.3 is 0 Å². The Morgan fingerprint density at radius 1 is 1.20 bits per heavy atom. The molecule has 0 saturated heterocycles. The zero-order chi connectivity index (χ0) is 21.6. The molecule has 0 bridgehead atoms. The van der Waals surface area contributed by atoms with Crippen LogP contribution >= 0.6 is 0 Å². The van der Waals surface area contributed by atoms with E-state index < -0.39 is 10.0 Å². The van der Waals surface area contributed by atoms with E-state index in [1.165, 1.54) is 0 Å². The minimum atomic E-state index is -3.46. The first-order valence-electron chi connectivity index (χ1n) is 10.4. The topological polar surface area (TPSA) is 90.3 Å². The largest absolute Gasteiger partial charge is 0.310 e. The highest BCUT2D eigenvalue weighted by Crippen LogP contribution is 2.35. The maximum Gasteiger partial charge on any atom is 0.232 e. The van der Waals surface area contributed by atoms with Gasteiger partial charge < -0.3 is 4.90 Å². The molecular weight excluding hydrogens is 398 g/mol. The molecule has 1 heterocycles. The standard InChI is InChI=1S/C23H27N3O3S/c1-2-3-16-30(28,29)25-21-8-4-6-20-7-5-15-26(23(20)21)22(27)14-13-18-9-11-19(17-24)12-10-18/h4,6,8-12,25H,2-3,5,7,13-16H2,1H3. The molecule has 0 aromatic heterocycles. The summed E-state index contributed by atoms with van der Waals surface area (Å²) in [7, 11) is -3.46. The van der Waals surface area contributed by atoms with Crippen molar-refractivity contribution in [1.82, 2.24) is 0 Å². The van der Waals surface area contributed by atoms with Gasteiger partial charge in [0.05, 0.1) is 28.8 Å². The number of anilines is 2. The number of nitriles is 1. The molecule has 0 saturated carbocycles. The van der Waals surface area contributed by atoms with Crippen molar-refractivity contribution in [2.75, 3.05) is 21.9 Å². The summed E-state index contributed by atoms with van der Waals surface area (Å²) in [5.74, 6) is 0.0420. The van der Waals surface area contributed by atoms with Crippen LogP contribution in [-0.2, 0) is 27.7 Å². The smallest absolute Gasteiger partial charge is 0.232 e. The van der Waals surface area contributed by atoms with Gasteiger partial charge in [-0.05, 0) is 55.0 Å². The van der Waals surface area contributed by atoms with Crippen LogP contribution in [-0.4, -0.2) is 26.6 Å². The van der Waals surface area contributed by atoms with E-state index in [1.807, 2.05) is 31.2 Å². The molecule has 7 heteroatoms. The number of hydrogen-bond donors (Lipinski definition) is 1. The van der Waals surface area contributed by atoms with Crippen molar-refractivity contribution < 1.29 is 13.2 Å². The van der Waals surface area contributed by atoms with Crippen molar-refractivity contribution in [3.8, 4) is 6.07 Å². The lowest BCUT2D eigenvalue weighted by molar-refractivity contribution is -0.118. The number of rotatable bonds is 8. The second kappa shape index (κ2) is 9.77. The highest BCUT2D eigenvalue weighted by Gasteiger charge is 2.26. The Morgan fingerprint density at radius 3 is 2.67 bits per heavy atom. The highest BCUT2D eigenvalue weighted by atomic mass is 32.2. The van der Waals surface area contributed by atoms with Crippen LogP contribution < -0.4 is 9.62 Å². The molecule has 3 rings (SSSR count). The average molecular weight is 426 g/mol. The SMILES string of the molecule is CCCCS(=O)(=O)Nc1cccc2c1N(C(=O)CCc1ccc(C#N)cc1)CCC2. The summed E-state index contributed by atoms with van der Waals surface area (Å²) in [5.41, 5.74) is 3.75. The minimum Gasteiger partial charge on any atom is -0.310 e. The van der Waals surface area contributed by atoms with Crippen molar-refractivity contribution in [3.63, 3.8) is 0 Å². The Bertz CT molecular complexity index is 1040. The van der Waals surface area contributed by atoms with E-state index in [1.54, 1.807) is 23.1 Å². The monoisotopic (exact) mass is 425 g/mol. The quantitative estimate of drug-likeness (QED) is 0.692. The molecule has 2 aromatic rings. The van der Waals surface area contributed by atoms with E-state index in [2.05, 4.69) is 10.8 Å². The van der Waals surface area contributed by atoms with Gasteiger partial charge in [-0.3, -0.25) is 9.52 Å². The zero-order valence-electron chi connectivity index (χ0n) is 17.2. The second-order valence-electron chi connectivity index (χ2n) is 7.55. The summed E-state index contributed by atoms with van der Waals surface area (Å²) in [5, 5.41) is 8.90. The fourth-order valence-corrected chi connectivity index (χ4v) is 4.94. The number of aryl methyl sites for hydroxylation is 2. The zero-order valence-corrected chi connectivity index (χ0v) is 18.0. The molecular formula is C23H27N3O3S. The normalized spacial score (nSPS) is 13.4. The summed E-state index contributed by atoms with van der Waals surface area (Å²) in [6.07, 6.45) is 3.95. The van der Waals surface area contributed by atoms with Crippen molar-refractivity contribution in [2.45, 2.75) is 45.4 Å². The highest BCUT2D eigenvalue weighted by molar-refractivity contribution is 7.92. The first-order valence-corrected chi connectivity index (χ1v) is 12.0. The van der Waals surface area contributed by atoms with Gasteiger partial charge in [-0.25, -0.2) is 8.42 Å². The molecule has 0 unspecified atom stereocenters. The maximum absolute atomic E-state index is 13.0. The summed E-state index contributed by atoms with van der Waals surface area (Å²) in [6, 6.07) is 14.8. The van der Waals surface area contributed by atoms with E-state index >= 15 is 0 Å². The Labute approximate surface area is 178 Å². The molecule has 0 radical (unpaired) electrons. The number of fused-ring (bicyclic) bond motifs is 1. The first-order chi connectivity index (χ1) is 14.4.